The van der Waals surface area contributed by atoms with Crippen molar-refractivity contribution in [3.05, 3.63) is 60.4 Å². The number of methoxy groups -OCH3 is 2. The molecule has 2 aromatic carbocycles. The zero-order valence-electron chi connectivity index (χ0n) is 16.4. The summed E-state index contributed by atoms with van der Waals surface area (Å²) < 4.78 is 15.8. The van der Waals surface area contributed by atoms with E-state index in [1.54, 1.807) is 25.3 Å². The molecule has 3 rings (SSSR count). The Balaban J connectivity index is 1.64. The van der Waals surface area contributed by atoms with Crippen LogP contribution in [0.15, 0.2) is 54.9 Å². The van der Waals surface area contributed by atoms with E-state index in [0.29, 0.717) is 35.3 Å². The molecule has 0 aliphatic rings. The second kappa shape index (κ2) is 9.41. The van der Waals surface area contributed by atoms with Crippen LogP contribution in [-0.4, -0.2) is 36.7 Å². The first-order valence-electron chi connectivity index (χ1n) is 8.98. The predicted octanol–water partition coefficient (Wildman–Crippen LogP) is 3.89. The second-order valence-electron chi connectivity index (χ2n) is 5.90. The lowest BCUT2D eigenvalue weighted by Crippen LogP contribution is -2.13. The number of benzene rings is 2. The highest BCUT2D eigenvalue weighted by Gasteiger charge is 2.10. The molecule has 8 nitrogen and oxygen atoms in total. The highest BCUT2D eigenvalue weighted by atomic mass is 16.5. The number of aromatic nitrogens is 2. The summed E-state index contributed by atoms with van der Waals surface area (Å²) in [6, 6.07) is 12.6. The van der Waals surface area contributed by atoms with Crippen molar-refractivity contribution >= 4 is 23.2 Å². The highest BCUT2D eigenvalue weighted by molar-refractivity contribution is 6.04. The number of rotatable bonds is 8. The molecule has 0 saturated heterocycles. The van der Waals surface area contributed by atoms with Crippen molar-refractivity contribution < 1.29 is 19.0 Å². The van der Waals surface area contributed by atoms with Crippen molar-refractivity contribution in [2.24, 2.45) is 0 Å². The fraction of sp³-hybridized carbons (Fsp3) is 0.190. The number of carbonyl (C=O) groups is 1. The zero-order valence-corrected chi connectivity index (χ0v) is 16.4. The van der Waals surface area contributed by atoms with Crippen molar-refractivity contribution in [1.82, 2.24) is 9.97 Å². The van der Waals surface area contributed by atoms with E-state index in [2.05, 4.69) is 20.6 Å². The summed E-state index contributed by atoms with van der Waals surface area (Å²) in [4.78, 5) is 20.8. The largest absolute Gasteiger partial charge is 0.494 e. The Morgan fingerprint density at radius 1 is 0.931 bits per heavy atom. The maximum Gasteiger partial charge on any atom is 0.258 e. The fourth-order valence-electron chi connectivity index (χ4n) is 2.56. The van der Waals surface area contributed by atoms with Crippen LogP contribution in [-0.2, 0) is 0 Å². The van der Waals surface area contributed by atoms with Crippen LogP contribution in [0.1, 0.15) is 17.3 Å². The van der Waals surface area contributed by atoms with Gasteiger partial charge in [0.15, 0.2) is 11.5 Å². The van der Waals surface area contributed by atoms with Crippen LogP contribution in [0.2, 0.25) is 0 Å². The van der Waals surface area contributed by atoms with Gasteiger partial charge in [-0.1, -0.05) is 0 Å². The molecule has 1 heterocycles. The van der Waals surface area contributed by atoms with E-state index in [9.17, 15) is 4.79 Å². The minimum atomic E-state index is -0.329. The number of nitrogens with one attached hydrogen (secondary N) is 2. The van der Waals surface area contributed by atoms with Crippen molar-refractivity contribution in [2.45, 2.75) is 6.92 Å². The summed E-state index contributed by atoms with van der Waals surface area (Å²) in [5.41, 5.74) is 1.72. The first kappa shape index (κ1) is 19.9. The Labute approximate surface area is 168 Å². The number of hydrogen-bond donors (Lipinski definition) is 2. The highest BCUT2D eigenvalue weighted by Crippen LogP contribution is 2.29. The van der Waals surface area contributed by atoms with Gasteiger partial charge >= 0.3 is 0 Å². The molecular weight excluding hydrogens is 372 g/mol. The molecule has 0 radical (unpaired) electrons. The molecule has 0 saturated carbocycles. The third-order valence-electron chi connectivity index (χ3n) is 3.98. The number of carbonyl (C=O) groups excluding carboxylic acids is 1. The zero-order chi connectivity index (χ0) is 20.6. The third kappa shape index (κ3) is 5.13. The van der Waals surface area contributed by atoms with E-state index >= 15 is 0 Å². The number of ether oxygens (including phenoxy) is 3. The van der Waals surface area contributed by atoms with Crippen LogP contribution in [0.3, 0.4) is 0 Å². The minimum absolute atomic E-state index is 0.329. The molecule has 150 valence electrons. The van der Waals surface area contributed by atoms with E-state index in [-0.39, 0.29) is 5.91 Å². The molecule has 3 aromatic rings. The molecule has 1 aromatic heterocycles. The molecule has 29 heavy (non-hydrogen) atoms. The van der Waals surface area contributed by atoms with Crippen LogP contribution in [0.4, 0.5) is 17.3 Å². The lowest BCUT2D eigenvalue weighted by molar-refractivity contribution is 0.102. The Morgan fingerprint density at radius 3 is 2.21 bits per heavy atom. The average Bonchev–Trinajstić information content (AvgIpc) is 2.75. The predicted molar refractivity (Wildman–Crippen MR) is 110 cm³/mol. The van der Waals surface area contributed by atoms with Crippen LogP contribution in [0, 0.1) is 0 Å². The minimum Gasteiger partial charge on any atom is -0.494 e. The topological polar surface area (TPSA) is 94.6 Å². The van der Waals surface area contributed by atoms with Crippen molar-refractivity contribution in [1.29, 1.82) is 0 Å². The van der Waals surface area contributed by atoms with E-state index in [1.807, 2.05) is 31.2 Å². The molecule has 0 aliphatic carbocycles. The van der Waals surface area contributed by atoms with E-state index < -0.39 is 0 Å². The molecule has 0 aliphatic heterocycles. The van der Waals surface area contributed by atoms with Crippen LogP contribution in [0.5, 0.6) is 17.2 Å². The summed E-state index contributed by atoms with van der Waals surface area (Å²) in [5, 5.41) is 5.86. The normalized spacial score (nSPS) is 10.2. The number of anilines is 3. The summed E-state index contributed by atoms with van der Waals surface area (Å²) in [5.74, 6) is 1.96. The molecule has 2 N–H and O–H groups in total. The smallest absolute Gasteiger partial charge is 0.258 e. The fourth-order valence-corrected chi connectivity index (χ4v) is 2.56. The Morgan fingerprint density at radius 2 is 1.59 bits per heavy atom. The van der Waals surface area contributed by atoms with Crippen LogP contribution < -0.4 is 24.8 Å². The molecule has 1 amide bonds. The standard InChI is InChI=1S/C21H22N4O4/c1-4-29-17-8-5-15(6-9-17)25-21-22-12-14(13-23-21)20(26)24-16-7-10-18(27-2)19(11-16)28-3/h5-13H,4H2,1-3H3,(H,24,26)(H,22,23,25). The van der Waals surface area contributed by atoms with E-state index in [4.69, 9.17) is 14.2 Å². The number of amides is 1. The molecular formula is C21H22N4O4. The van der Waals surface area contributed by atoms with Gasteiger partial charge in [-0.3, -0.25) is 4.79 Å². The van der Waals surface area contributed by atoms with Crippen molar-refractivity contribution in [2.75, 3.05) is 31.5 Å². The van der Waals surface area contributed by atoms with Crippen molar-refractivity contribution in [3.63, 3.8) is 0 Å². The van der Waals surface area contributed by atoms with Gasteiger partial charge in [-0.25, -0.2) is 9.97 Å². The van der Waals surface area contributed by atoms with E-state index in [0.717, 1.165) is 11.4 Å². The van der Waals surface area contributed by atoms with Crippen LogP contribution in [0.25, 0.3) is 0 Å². The van der Waals surface area contributed by atoms with E-state index in [1.165, 1.54) is 19.5 Å². The lowest BCUT2D eigenvalue weighted by atomic mass is 10.2. The van der Waals surface area contributed by atoms with Gasteiger partial charge in [0.1, 0.15) is 5.75 Å². The second-order valence-corrected chi connectivity index (χ2v) is 5.90. The third-order valence-corrected chi connectivity index (χ3v) is 3.98. The van der Waals surface area contributed by atoms with Crippen molar-refractivity contribution in [3.8, 4) is 17.2 Å². The van der Waals surface area contributed by atoms with Gasteiger partial charge in [-0.05, 0) is 43.3 Å². The number of nitrogens with zero attached hydrogens (tertiary/aromatic N) is 2. The molecule has 0 bridgehead atoms. The number of hydrogen-bond acceptors (Lipinski definition) is 7. The van der Waals surface area contributed by atoms with Gasteiger partial charge in [-0.15, -0.1) is 0 Å². The molecule has 0 atom stereocenters. The van der Waals surface area contributed by atoms with Crippen LogP contribution >= 0.6 is 0 Å². The summed E-state index contributed by atoms with van der Waals surface area (Å²) >= 11 is 0. The maximum absolute atomic E-state index is 12.4. The Bertz CT molecular complexity index is 959. The Kier molecular flexibility index (Phi) is 6.47. The maximum atomic E-state index is 12.4. The van der Waals surface area contributed by atoms with Gasteiger partial charge in [0, 0.05) is 29.8 Å². The quantitative estimate of drug-likeness (QED) is 0.598. The molecule has 0 unspecified atom stereocenters. The SMILES string of the molecule is CCOc1ccc(Nc2ncc(C(=O)Nc3ccc(OC)c(OC)c3)cn2)cc1. The first-order chi connectivity index (χ1) is 14.1. The van der Waals surface area contributed by atoms with Gasteiger partial charge in [0.2, 0.25) is 5.95 Å². The monoisotopic (exact) mass is 394 g/mol. The summed E-state index contributed by atoms with van der Waals surface area (Å²) in [6.45, 7) is 2.55. The lowest BCUT2D eigenvalue weighted by Gasteiger charge is -2.11. The summed E-state index contributed by atoms with van der Waals surface area (Å²) in [6.07, 6.45) is 2.92. The first-order valence-corrected chi connectivity index (χ1v) is 8.98. The molecule has 0 fully saturated rings. The summed E-state index contributed by atoms with van der Waals surface area (Å²) in [7, 11) is 3.09. The molecule has 0 spiro atoms. The Hall–Kier alpha value is -3.81. The van der Waals surface area contributed by atoms with Gasteiger partial charge in [0.05, 0.1) is 26.4 Å². The van der Waals surface area contributed by atoms with Gasteiger partial charge in [0.25, 0.3) is 5.91 Å². The molecule has 8 heteroatoms. The van der Waals surface area contributed by atoms with Gasteiger partial charge < -0.3 is 24.8 Å². The van der Waals surface area contributed by atoms with Gasteiger partial charge in [-0.2, -0.15) is 0 Å². The average molecular weight is 394 g/mol.